The molecule has 0 unspecified atom stereocenters. The van der Waals surface area contributed by atoms with Gasteiger partial charge in [-0.2, -0.15) is 4.37 Å². The highest BCUT2D eigenvalue weighted by Crippen LogP contribution is 2.41. The van der Waals surface area contributed by atoms with Crippen molar-refractivity contribution in [2.24, 2.45) is 10.2 Å². The number of phenols is 1. The highest BCUT2D eigenvalue weighted by Gasteiger charge is 2.20. The quantitative estimate of drug-likeness (QED) is 0.435. The number of nitrogens with one attached hydrogen (secondary N) is 1. The first kappa shape index (κ1) is 20.6. The number of hydrogen-bond acceptors (Lipinski definition) is 9. The summed E-state index contributed by atoms with van der Waals surface area (Å²) in [7, 11) is 3.27. The van der Waals surface area contributed by atoms with Gasteiger partial charge in [-0.3, -0.25) is 4.79 Å². The first-order valence-electron chi connectivity index (χ1n) is 9.65. The largest absolute Gasteiger partial charge is 0.506 e. The van der Waals surface area contributed by atoms with Crippen molar-refractivity contribution in [1.82, 2.24) is 19.2 Å². The van der Waals surface area contributed by atoms with Crippen molar-refractivity contribution < 1.29 is 9.90 Å². The summed E-state index contributed by atoms with van der Waals surface area (Å²) in [6.45, 7) is 4.47. The summed E-state index contributed by atoms with van der Waals surface area (Å²) in [5.41, 5.74) is 1.98. The van der Waals surface area contributed by atoms with Crippen molar-refractivity contribution in [2.45, 2.75) is 13.8 Å². The molecule has 0 aliphatic rings. The third-order valence-corrected chi connectivity index (χ3v) is 5.44. The molecule has 2 N–H and O–H groups in total. The minimum Gasteiger partial charge on any atom is -0.506 e. The Labute approximate surface area is 182 Å². The average molecular weight is 436 g/mol. The highest BCUT2D eigenvalue weighted by atomic mass is 32.1. The number of fused-ring (bicyclic) bond motifs is 2. The summed E-state index contributed by atoms with van der Waals surface area (Å²) in [5, 5.41) is 25.4. The van der Waals surface area contributed by atoms with Crippen LogP contribution in [0.25, 0.3) is 21.8 Å². The molecule has 10 heteroatoms. The molecular weight excluding hydrogens is 414 g/mol. The van der Waals surface area contributed by atoms with Crippen LogP contribution in [0.15, 0.2) is 40.7 Å². The third kappa shape index (κ3) is 3.77. The number of azo groups is 1. The van der Waals surface area contributed by atoms with Gasteiger partial charge in [-0.25, -0.2) is 9.97 Å². The SMILES string of the molecule is CCNc1cccc2c(O)c(C(=O)N(C)C)cc(N=Nc3snc4nc(C)ncc34)c12. The number of benzene rings is 2. The molecule has 0 saturated heterocycles. The minimum absolute atomic E-state index is 0.0838. The van der Waals surface area contributed by atoms with E-state index in [1.54, 1.807) is 39.3 Å². The van der Waals surface area contributed by atoms with Crippen LogP contribution in [-0.4, -0.2) is 50.9 Å². The number of anilines is 1. The standard InChI is InChI=1S/C21H21N7O2S/c1-5-22-15-8-6-7-12-17(15)16(9-13(18(12)29)21(30)28(3)4)25-26-20-14-10-23-11(2)24-19(14)27-31-20/h6-10,22,29H,5H2,1-4H3. The average Bonchev–Trinajstić information content (AvgIpc) is 3.15. The summed E-state index contributed by atoms with van der Waals surface area (Å²) in [5.74, 6) is 0.226. The summed E-state index contributed by atoms with van der Waals surface area (Å²) in [6, 6.07) is 7.04. The molecular formula is C21H21N7O2S. The zero-order valence-corrected chi connectivity index (χ0v) is 18.4. The van der Waals surface area contributed by atoms with Crippen LogP contribution in [0, 0.1) is 6.92 Å². The van der Waals surface area contributed by atoms with Gasteiger partial charge in [0.2, 0.25) is 0 Å². The van der Waals surface area contributed by atoms with E-state index in [9.17, 15) is 9.90 Å². The maximum absolute atomic E-state index is 12.7. The summed E-state index contributed by atoms with van der Waals surface area (Å²) in [4.78, 5) is 22.6. The molecule has 9 nitrogen and oxygen atoms in total. The molecule has 4 rings (SSSR count). The van der Waals surface area contributed by atoms with E-state index in [1.165, 1.54) is 16.4 Å². The Balaban J connectivity index is 1.93. The molecule has 0 radical (unpaired) electrons. The number of nitrogens with zero attached hydrogens (tertiary/aromatic N) is 6. The second-order valence-corrected chi connectivity index (χ2v) is 7.84. The Morgan fingerprint density at radius 3 is 2.81 bits per heavy atom. The lowest BCUT2D eigenvalue weighted by Crippen LogP contribution is -2.21. The lowest BCUT2D eigenvalue weighted by atomic mass is 10.0. The smallest absolute Gasteiger partial charge is 0.257 e. The topological polar surface area (TPSA) is 116 Å². The van der Waals surface area contributed by atoms with Crippen LogP contribution < -0.4 is 5.32 Å². The Morgan fingerprint density at radius 1 is 1.26 bits per heavy atom. The second kappa shape index (κ2) is 8.23. The van der Waals surface area contributed by atoms with Crippen LogP contribution in [0.3, 0.4) is 0 Å². The number of amides is 1. The molecule has 0 saturated carbocycles. The van der Waals surface area contributed by atoms with Gasteiger partial charge in [0.25, 0.3) is 5.91 Å². The Morgan fingerprint density at radius 2 is 2.06 bits per heavy atom. The Hall–Kier alpha value is -3.66. The number of aryl methyl sites for hydroxylation is 1. The first-order valence-corrected chi connectivity index (χ1v) is 10.4. The molecule has 2 heterocycles. The fourth-order valence-corrected chi connectivity index (χ4v) is 3.89. The molecule has 0 atom stereocenters. The van der Waals surface area contributed by atoms with Crippen molar-refractivity contribution in [3.8, 4) is 5.75 Å². The van der Waals surface area contributed by atoms with Crippen LogP contribution in [0.4, 0.5) is 16.4 Å². The van der Waals surface area contributed by atoms with Crippen LogP contribution >= 0.6 is 11.5 Å². The van der Waals surface area contributed by atoms with E-state index in [4.69, 9.17) is 0 Å². The lowest BCUT2D eigenvalue weighted by molar-refractivity contribution is 0.0825. The van der Waals surface area contributed by atoms with Gasteiger partial charge in [-0.1, -0.05) is 12.1 Å². The van der Waals surface area contributed by atoms with E-state index in [0.29, 0.717) is 44.9 Å². The van der Waals surface area contributed by atoms with Crippen molar-refractivity contribution >= 4 is 55.6 Å². The Bertz CT molecular complexity index is 1330. The third-order valence-electron chi connectivity index (χ3n) is 4.70. The summed E-state index contributed by atoms with van der Waals surface area (Å²) in [6.07, 6.45) is 1.68. The molecule has 1 amide bonds. The number of carbonyl (C=O) groups excluding carboxylic acids is 1. The van der Waals surface area contributed by atoms with Gasteiger partial charge in [0, 0.05) is 43.3 Å². The van der Waals surface area contributed by atoms with E-state index in [0.717, 1.165) is 5.69 Å². The van der Waals surface area contributed by atoms with Gasteiger partial charge in [0.05, 0.1) is 16.6 Å². The normalized spacial score (nSPS) is 11.5. The van der Waals surface area contributed by atoms with Gasteiger partial charge in [0.1, 0.15) is 11.6 Å². The highest BCUT2D eigenvalue weighted by molar-refractivity contribution is 7.11. The molecule has 0 aliphatic carbocycles. The molecule has 2 aromatic carbocycles. The Kier molecular flexibility index (Phi) is 5.47. The second-order valence-electron chi connectivity index (χ2n) is 7.09. The molecule has 4 aromatic rings. The number of aromatic nitrogens is 3. The molecule has 0 fully saturated rings. The van der Waals surface area contributed by atoms with Crippen molar-refractivity contribution in [3.63, 3.8) is 0 Å². The molecule has 2 aromatic heterocycles. The molecule has 158 valence electrons. The number of hydrogen-bond donors (Lipinski definition) is 2. The van der Waals surface area contributed by atoms with E-state index in [2.05, 4.69) is 29.9 Å². The first-order chi connectivity index (χ1) is 14.9. The van der Waals surface area contributed by atoms with Gasteiger partial charge in [-0.15, -0.1) is 10.2 Å². The fraction of sp³-hybridized carbons (Fsp3) is 0.238. The predicted octanol–water partition coefficient (Wildman–Crippen LogP) is 4.80. The van der Waals surface area contributed by atoms with Crippen molar-refractivity contribution in [2.75, 3.05) is 26.0 Å². The molecule has 0 bridgehead atoms. The van der Waals surface area contributed by atoms with Crippen molar-refractivity contribution in [3.05, 3.63) is 41.9 Å². The van der Waals surface area contributed by atoms with Gasteiger partial charge in [0.15, 0.2) is 10.6 Å². The van der Waals surface area contributed by atoms with Gasteiger partial charge < -0.3 is 15.3 Å². The number of aromatic hydroxyl groups is 1. The van der Waals surface area contributed by atoms with Gasteiger partial charge >= 0.3 is 0 Å². The predicted molar refractivity (Wildman–Crippen MR) is 122 cm³/mol. The lowest BCUT2D eigenvalue weighted by Gasteiger charge is -2.16. The monoisotopic (exact) mass is 435 g/mol. The van der Waals surface area contributed by atoms with E-state index in [-0.39, 0.29) is 17.2 Å². The number of rotatable bonds is 5. The number of carbonyl (C=O) groups is 1. The maximum atomic E-state index is 12.7. The summed E-state index contributed by atoms with van der Waals surface area (Å²) < 4.78 is 4.31. The number of phenolic OH excluding ortho intramolecular Hbond substituents is 1. The maximum Gasteiger partial charge on any atom is 0.257 e. The summed E-state index contributed by atoms with van der Waals surface area (Å²) >= 11 is 1.18. The van der Waals surface area contributed by atoms with Gasteiger partial charge in [-0.05, 0) is 37.5 Å². The van der Waals surface area contributed by atoms with E-state index >= 15 is 0 Å². The van der Waals surface area contributed by atoms with Crippen LogP contribution in [0.1, 0.15) is 23.1 Å². The fourth-order valence-electron chi connectivity index (χ4n) is 3.25. The van der Waals surface area contributed by atoms with Crippen LogP contribution in [0.5, 0.6) is 5.75 Å². The molecule has 0 spiro atoms. The minimum atomic E-state index is -0.322. The van der Waals surface area contributed by atoms with Crippen molar-refractivity contribution in [1.29, 1.82) is 0 Å². The van der Waals surface area contributed by atoms with E-state index < -0.39 is 0 Å². The zero-order chi connectivity index (χ0) is 22.1. The zero-order valence-electron chi connectivity index (χ0n) is 17.5. The van der Waals surface area contributed by atoms with Crippen LogP contribution in [0.2, 0.25) is 0 Å². The van der Waals surface area contributed by atoms with Crippen LogP contribution in [-0.2, 0) is 0 Å². The van der Waals surface area contributed by atoms with E-state index in [1.807, 2.05) is 19.1 Å². The molecule has 0 aliphatic heterocycles. The molecule has 31 heavy (non-hydrogen) atoms.